The number of fused-ring (bicyclic) bond motifs is 1. The van der Waals surface area contributed by atoms with Crippen LogP contribution in [-0.2, 0) is 27.9 Å². The normalized spacial score (nSPS) is 17.8. The van der Waals surface area contributed by atoms with E-state index in [4.69, 9.17) is 16.3 Å². The largest absolute Gasteiger partial charge is 0.476 e. The Morgan fingerprint density at radius 1 is 1.03 bits per heavy atom. The summed E-state index contributed by atoms with van der Waals surface area (Å²) >= 11 is 6.18. The van der Waals surface area contributed by atoms with Crippen LogP contribution in [0.25, 0.3) is 0 Å². The van der Waals surface area contributed by atoms with E-state index in [1.54, 1.807) is 42.5 Å². The molecular weight excluding hydrogens is 510 g/mol. The van der Waals surface area contributed by atoms with Crippen molar-refractivity contribution in [1.82, 2.24) is 10.2 Å². The lowest BCUT2D eigenvalue weighted by molar-refractivity contribution is -0.127. The van der Waals surface area contributed by atoms with Gasteiger partial charge in [0.2, 0.25) is 0 Å². The van der Waals surface area contributed by atoms with Gasteiger partial charge in [-0.3, -0.25) is 14.0 Å². The maximum Gasteiger partial charge on any atom is 0.264 e. The molecule has 3 aromatic carbocycles. The molecule has 5 rings (SSSR count). The van der Waals surface area contributed by atoms with Crippen molar-refractivity contribution in [3.8, 4) is 5.75 Å². The van der Waals surface area contributed by atoms with Crippen LogP contribution in [0.4, 0.5) is 5.69 Å². The Morgan fingerprint density at radius 3 is 2.51 bits per heavy atom. The fraction of sp³-hybridized carbons (Fsp3) is 0.321. The Balaban J connectivity index is 1.33. The van der Waals surface area contributed by atoms with Gasteiger partial charge in [0.1, 0.15) is 5.75 Å². The van der Waals surface area contributed by atoms with Gasteiger partial charge in [0.05, 0.1) is 17.1 Å². The molecule has 0 bridgehead atoms. The minimum absolute atomic E-state index is 0.139. The number of rotatable bonds is 7. The Morgan fingerprint density at radius 2 is 1.76 bits per heavy atom. The number of halogens is 1. The van der Waals surface area contributed by atoms with Gasteiger partial charge in [-0.25, -0.2) is 8.42 Å². The predicted octanol–water partition coefficient (Wildman–Crippen LogP) is 4.52. The van der Waals surface area contributed by atoms with Gasteiger partial charge < -0.3 is 10.1 Å². The van der Waals surface area contributed by atoms with Crippen LogP contribution in [0.15, 0.2) is 71.6 Å². The Kier molecular flexibility index (Phi) is 7.42. The molecule has 2 heterocycles. The standard InChI is InChI=1S/C28H30ClN3O4S/c1-20-7-10-24(11-8-20)37(34,35)32-19-27(36-26-12-9-23(29)16-25(26)32)28(33)30-17-21-5-4-6-22(15-21)18-31-13-2-3-14-31/h4-12,15-16,27H,2-3,13-14,17-19H2,1H3,(H,30,33)/t27-/m0/s1. The fourth-order valence-corrected chi connectivity index (χ4v) is 6.40. The Labute approximate surface area is 223 Å². The fourth-order valence-electron chi connectivity index (χ4n) is 4.77. The summed E-state index contributed by atoms with van der Waals surface area (Å²) in [6.07, 6.45) is 1.47. The van der Waals surface area contributed by atoms with Crippen LogP contribution in [0, 0.1) is 6.92 Å². The maximum atomic E-state index is 13.6. The van der Waals surface area contributed by atoms with E-state index in [1.165, 1.54) is 22.7 Å². The van der Waals surface area contributed by atoms with Gasteiger partial charge in [0, 0.05) is 18.1 Å². The van der Waals surface area contributed by atoms with E-state index < -0.39 is 16.1 Å². The zero-order valence-corrected chi connectivity index (χ0v) is 22.3. The number of carbonyl (C=O) groups is 1. The molecule has 7 nitrogen and oxygen atoms in total. The van der Waals surface area contributed by atoms with Crippen LogP contribution in [-0.4, -0.2) is 45.0 Å². The number of hydrogen-bond acceptors (Lipinski definition) is 5. The molecule has 0 aromatic heterocycles. The first kappa shape index (κ1) is 25.6. The summed E-state index contributed by atoms with van der Waals surface area (Å²) in [5.41, 5.74) is 3.46. The third-order valence-electron chi connectivity index (χ3n) is 6.75. The molecule has 0 radical (unpaired) electrons. The summed E-state index contributed by atoms with van der Waals surface area (Å²) in [6, 6.07) is 19.5. The van der Waals surface area contributed by atoms with Gasteiger partial charge in [0.15, 0.2) is 6.10 Å². The van der Waals surface area contributed by atoms with Crippen molar-refractivity contribution < 1.29 is 17.9 Å². The minimum Gasteiger partial charge on any atom is -0.476 e. The third kappa shape index (κ3) is 5.76. The maximum absolute atomic E-state index is 13.6. The number of aryl methyl sites for hydroxylation is 1. The highest BCUT2D eigenvalue weighted by Crippen LogP contribution is 2.39. The molecule has 0 aliphatic carbocycles. The molecule has 1 amide bonds. The second-order valence-corrected chi connectivity index (χ2v) is 11.9. The molecule has 37 heavy (non-hydrogen) atoms. The zero-order chi connectivity index (χ0) is 26.0. The van der Waals surface area contributed by atoms with Crippen molar-refractivity contribution in [2.24, 2.45) is 0 Å². The Hall–Kier alpha value is -3.07. The molecule has 2 aliphatic rings. The van der Waals surface area contributed by atoms with Crippen LogP contribution in [0.1, 0.15) is 29.5 Å². The smallest absolute Gasteiger partial charge is 0.264 e. The lowest BCUT2D eigenvalue weighted by Crippen LogP contribution is -2.50. The van der Waals surface area contributed by atoms with Crippen molar-refractivity contribution >= 4 is 33.2 Å². The number of nitrogens with zero attached hydrogens (tertiary/aromatic N) is 2. The first-order valence-electron chi connectivity index (χ1n) is 12.4. The molecular formula is C28H30ClN3O4S. The van der Waals surface area contributed by atoms with Gasteiger partial charge in [-0.2, -0.15) is 0 Å². The van der Waals surface area contributed by atoms with Crippen LogP contribution in [0.5, 0.6) is 5.75 Å². The number of carbonyl (C=O) groups excluding carboxylic acids is 1. The quantitative estimate of drug-likeness (QED) is 0.478. The molecule has 1 saturated heterocycles. The van der Waals surface area contributed by atoms with E-state index >= 15 is 0 Å². The number of amides is 1. The van der Waals surface area contributed by atoms with Crippen LogP contribution >= 0.6 is 11.6 Å². The SMILES string of the molecule is Cc1ccc(S(=O)(=O)N2C[C@@H](C(=O)NCc3cccc(CN4CCCC4)c3)Oc3ccc(Cl)cc32)cc1. The van der Waals surface area contributed by atoms with Crippen molar-refractivity contribution in [2.75, 3.05) is 23.9 Å². The summed E-state index contributed by atoms with van der Waals surface area (Å²) in [5.74, 6) is -0.0891. The van der Waals surface area contributed by atoms with Crippen molar-refractivity contribution in [3.63, 3.8) is 0 Å². The van der Waals surface area contributed by atoms with Gasteiger partial charge >= 0.3 is 0 Å². The highest BCUT2D eigenvalue weighted by atomic mass is 35.5. The van der Waals surface area contributed by atoms with E-state index in [1.807, 2.05) is 19.1 Å². The van der Waals surface area contributed by atoms with Crippen LogP contribution < -0.4 is 14.4 Å². The van der Waals surface area contributed by atoms with Gasteiger partial charge in [-0.1, -0.05) is 53.6 Å². The number of benzene rings is 3. The van der Waals surface area contributed by atoms with Crippen molar-refractivity contribution in [2.45, 2.75) is 43.9 Å². The van der Waals surface area contributed by atoms with E-state index in [2.05, 4.69) is 22.3 Å². The highest BCUT2D eigenvalue weighted by Gasteiger charge is 2.37. The molecule has 1 fully saturated rings. The molecule has 194 valence electrons. The molecule has 1 atom stereocenters. The molecule has 0 unspecified atom stereocenters. The highest BCUT2D eigenvalue weighted by molar-refractivity contribution is 7.92. The van der Waals surface area contributed by atoms with E-state index in [0.29, 0.717) is 23.0 Å². The lowest BCUT2D eigenvalue weighted by Gasteiger charge is -2.35. The number of sulfonamides is 1. The summed E-state index contributed by atoms with van der Waals surface area (Å²) in [5, 5.41) is 3.30. The lowest BCUT2D eigenvalue weighted by atomic mass is 10.1. The Bertz CT molecular complexity index is 1390. The molecule has 1 N–H and O–H groups in total. The monoisotopic (exact) mass is 539 g/mol. The molecule has 2 aliphatic heterocycles. The number of likely N-dealkylation sites (tertiary alicyclic amines) is 1. The second-order valence-electron chi connectivity index (χ2n) is 9.59. The third-order valence-corrected chi connectivity index (χ3v) is 8.78. The van der Waals surface area contributed by atoms with E-state index in [9.17, 15) is 13.2 Å². The average Bonchev–Trinajstić information content (AvgIpc) is 3.40. The number of hydrogen-bond donors (Lipinski definition) is 1. The molecule has 9 heteroatoms. The van der Waals surface area contributed by atoms with Crippen LogP contribution in [0.2, 0.25) is 5.02 Å². The number of anilines is 1. The zero-order valence-electron chi connectivity index (χ0n) is 20.7. The van der Waals surface area contributed by atoms with E-state index in [0.717, 1.165) is 30.8 Å². The molecule has 0 saturated carbocycles. The van der Waals surface area contributed by atoms with E-state index in [-0.39, 0.29) is 17.3 Å². The second kappa shape index (κ2) is 10.7. The summed E-state index contributed by atoms with van der Waals surface area (Å²) in [6.45, 7) is 5.19. The molecule has 0 spiro atoms. The average molecular weight is 540 g/mol. The summed E-state index contributed by atoms with van der Waals surface area (Å²) in [7, 11) is -3.95. The summed E-state index contributed by atoms with van der Waals surface area (Å²) in [4.78, 5) is 15.7. The number of nitrogens with one attached hydrogen (secondary N) is 1. The topological polar surface area (TPSA) is 79.0 Å². The van der Waals surface area contributed by atoms with Crippen LogP contribution in [0.3, 0.4) is 0 Å². The summed E-state index contributed by atoms with van der Waals surface area (Å²) < 4.78 is 34.3. The van der Waals surface area contributed by atoms with Gasteiger partial charge in [-0.05, 0) is 74.3 Å². The van der Waals surface area contributed by atoms with Gasteiger partial charge in [-0.15, -0.1) is 0 Å². The number of ether oxygens (including phenoxy) is 1. The first-order chi connectivity index (χ1) is 17.8. The minimum atomic E-state index is -3.95. The first-order valence-corrected chi connectivity index (χ1v) is 14.2. The predicted molar refractivity (Wildman–Crippen MR) is 144 cm³/mol. The van der Waals surface area contributed by atoms with Crippen molar-refractivity contribution in [1.29, 1.82) is 0 Å². The van der Waals surface area contributed by atoms with Crippen molar-refractivity contribution in [3.05, 3.63) is 88.4 Å². The van der Waals surface area contributed by atoms with Gasteiger partial charge in [0.25, 0.3) is 15.9 Å². The molecule has 3 aromatic rings.